The molecule has 6 rings (SSSR count). The highest BCUT2D eigenvalue weighted by atomic mass is 31.2. The van der Waals surface area contributed by atoms with Crippen LogP contribution in [0.4, 0.5) is 5.82 Å². The molecule has 0 bridgehead atoms. The van der Waals surface area contributed by atoms with Crippen molar-refractivity contribution in [2.75, 3.05) is 11.9 Å². The van der Waals surface area contributed by atoms with Crippen LogP contribution in [0.5, 0.6) is 0 Å². The van der Waals surface area contributed by atoms with E-state index < -0.39 is 20.4 Å². The van der Waals surface area contributed by atoms with Gasteiger partial charge in [-0.25, -0.2) is 9.46 Å². The minimum Gasteiger partial charge on any atom is -0.352 e. The number of carbonyl (C=O) groups is 1. The fraction of sp³-hybridized carbons (Fsp3) is 0.593. The van der Waals surface area contributed by atoms with Crippen LogP contribution >= 0.6 is 8.53 Å². The van der Waals surface area contributed by atoms with E-state index in [-0.39, 0.29) is 35.5 Å². The lowest BCUT2D eigenvalue weighted by atomic mass is 9.87. The monoisotopic (exact) mass is 526 g/mol. The summed E-state index contributed by atoms with van der Waals surface area (Å²) in [5.41, 5.74) is 1.99. The molecule has 4 heterocycles. The van der Waals surface area contributed by atoms with E-state index >= 15 is 0 Å². The fourth-order valence-corrected chi connectivity index (χ4v) is 8.38. The van der Waals surface area contributed by atoms with Crippen LogP contribution < -0.4 is 11.0 Å². The Balaban J connectivity index is 1.19. The topological polar surface area (TPSA) is 94.9 Å². The van der Waals surface area contributed by atoms with E-state index in [0.29, 0.717) is 12.5 Å². The van der Waals surface area contributed by atoms with Crippen molar-refractivity contribution in [1.29, 1.82) is 0 Å². The number of rotatable bonds is 6. The van der Waals surface area contributed by atoms with E-state index in [1.54, 1.807) is 26.1 Å². The Bertz CT molecular complexity index is 1240. The van der Waals surface area contributed by atoms with Gasteiger partial charge in [0.15, 0.2) is 0 Å². The van der Waals surface area contributed by atoms with E-state index in [0.717, 1.165) is 38.6 Å². The maximum atomic E-state index is 12.8. The number of benzene rings is 1. The molecule has 1 aromatic heterocycles. The lowest BCUT2D eigenvalue weighted by molar-refractivity contribution is -0.118. The molecule has 6 atom stereocenters. The number of aryl methyl sites for hydroxylation is 1. The van der Waals surface area contributed by atoms with Gasteiger partial charge in [-0.15, -0.1) is 0 Å². The zero-order valence-corrected chi connectivity index (χ0v) is 22.5. The van der Waals surface area contributed by atoms with Gasteiger partial charge < -0.3 is 19.1 Å². The summed E-state index contributed by atoms with van der Waals surface area (Å²) in [4.78, 5) is 28.8. The molecular formula is C27H35N4O5P. The Labute approximate surface area is 218 Å². The van der Waals surface area contributed by atoms with Gasteiger partial charge in [0.25, 0.3) is 8.53 Å². The Morgan fingerprint density at radius 2 is 2.16 bits per heavy atom. The van der Waals surface area contributed by atoms with Gasteiger partial charge in [0.05, 0.1) is 18.2 Å². The van der Waals surface area contributed by atoms with Crippen molar-refractivity contribution in [3.8, 4) is 0 Å². The molecule has 10 heteroatoms. The highest BCUT2D eigenvalue weighted by molar-refractivity contribution is 7.45. The van der Waals surface area contributed by atoms with Crippen LogP contribution in [0.1, 0.15) is 70.2 Å². The summed E-state index contributed by atoms with van der Waals surface area (Å²) in [6.07, 6.45) is 6.48. The minimum atomic E-state index is -1.23. The van der Waals surface area contributed by atoms with Crippen LogP contribution in [0, 0.1) is 5.92 Å². The van der Waals surface area contributed by atoms with E-state index in [4.69, 9.17) is 13.8 Å². The first-order chi connectivity index (χ1) is 17.9. The predicted octanol–water partition coefficient (Wildman–Crippen LogP) is 4.48. The van der Waals surface area contributed by atoms with E-state index in [1.165, 1.54) is 15.7 Å². The van der Waals surface area contributed by atoms with Crippen LogP contribution in [-0.4, -0.2) is 44.9 Å². The standard InChI is InChI=1S/C27H35N4O5P/c1-4-20-21(16-24(34-20)30-15-12-23(29-26(30)33)28-25(32)17(2)3)35-37-31-14-7-10-22(31)27(36-37)13-11-18-8-5-6-9-19(18)27/h5-6,8-9,12,15,17,20-22,24H,4,7,10-11,13-14,16H2,1-3H3,(H,28,29,32,33)/t20?,21?,22-,24?,27+,37?/m0/s1. The number of nitrogens with zero attached hydrogens (tertiary/aromatic N) is 3. The van der Waals surface area contributed by atoms with Crippen LogP contribution in [0.3, 0.4) is 0 Å². The van der Waals surface area contributed by atoms with Crippen molar-refractivity contribution in [2.45, 2.75) is 89.4 Å². The van der Waals surface area contributed by atoms with Gasteiger partial charge in [-0.3, -0.25) is 9.36 Å². The Morgan fingerprint density at radius 3 is 2.95 bits per heavy atom. The molecule has 198 valence electrons. The van der Waals surface area contributed by atoms with Gasteiger partial charge in [-0.1, -0.05) is 45.0 Å². The first-order valence-electron chi connectivity index (χ1n) is 13.5. The number of nitrogens with one attached hydrogen (secondary N) is 1. The summed E-state index contributed by atoms with van der Waals surface area (Å²) in [6, 6.07) is 10.7. The third kappa shape index (κ3) is 4.35. The van der Waals surface area contributed by atoms with Crippen molar-refractivity contribution < 1.29 is 18.6 Å². The zero-order chi connectivity index (χ0) is 25.7. The molecule has 1 amide bonds. The lowest BCUT2D eigenvalue weighted by Crippen LogP contribution is -2.37. The highest BCUT2D eigenvalue weighted by Crippen LogP contribution is 2.67. The summed E-state index contributed by atoms with van der Waals surface area (Å²) >= 11 is 0. The number of anilines is 1. The second-order valence-electron chi connectivity index (χ2n) is 10.8. The van der Waals surface area contributed by atoms with E-state index in [9.17, 15) is 9.59 Å². The molecular weight excluding hydrogens is 491 g/mol. The average molecular weight is 527 g/mol. The van der Waals surface area contributed by atoms with Crippen molar-refractivity contribution in [2.24, 2.45) is 5.92 Å². The number of hydrogen-bond donors (Lipinski definition) is 1. The summed E-state index contributed by atoms with van der Waals surface area (Å²) in [6.45, 7) is 6.65. The van der Waals surface area contributed by atoms with Gasteiger partial charge in [0.2, 0.25) is 5.91 Å². The highest BCUT2D eigenvalue weighted by Gasteiger charge is 2.60. The fourth-order valence-electron chi connectivity index (χ4n) is 6.24. The normalized spacial score (nSPS) is 32.8. The third-order valence-corrected chi connectivity index (χ3v) is 10.0. The Morgan fingerprint density at radius 1 is 1.32 bits per heavy atom. The maximum absolute atomic E-state index is 12.8. The summed E-state index contributed by atoms with van der Waals surface area (Å²) in [5.74, 6) is -0.122. The predicted molar refractivity (Wildman–Crippen MR) is 140 cm³/mol. The second-order valence-corrected chi connectivity index (χ2v) is 12.1. The first-order valence-corrected chi connectivity index (χ1v) is 14.6. The largest absolute Gasteiger partial charge is 0.352 e. The van der Waals surface area contributed by atoms with Gasteiger partial charge in [-0.2, -0.15) is 4.98 Å². The van der Waals surface area contributed by atoms with Crippen LogP contribution in [-0.2, 0) is 30.6 Å². The molecule has 4 aliphatic rings. The number of carbonyl (C=O) groups excluding carboxylic acids is 1. The quantitative estimate of drug-likeness (QED) is 0.555. The molecule has 3 aliphatic heterocycles. The van der Waals surface area contributed by atoms with Crippen molar-refractivity contribution in [1.82, 2.24) is 14.2 Å². The smallest absolute Gasteiger partial charge is 0.351 e. The van der Waals surface area contributed by atoms with Crippen molar-refractivity contribution in [3.05, 3.63) is 58.1 Å². The Kier molecular flexibility index (Phi) is 6.70. The van der Waals surface area contributed by atoms with Crippen molar-refractivity contribution in [3.63, 3.8) is 0 Å². The van der Waals surface area contributed by atoms with Crippen molar-refractivity contribution >= 4 is 20.3 Å². The number of aromatic nitrogens is 2. The van der Waals surface area contributed by atoms with Gasteiger partial charge >= 0.3 is 5.69 Å². The van der Waals surface area contributed by atoms with Gasteiger partial charge in [-0.05, 0) is 49.3 Å². The molecule has 9 nitrogen and oxygen atoms in total. The second kappa shape index (κ2) is 9.86. The van der Waals surface area contributed by atoms with Gasteiger partial charge in [0, 0.05) is 25.1 Å². The molecule has 4 unspecified atom stereocenters. The molecule has 1 spiro atoms. The SMILES string of the molecule is CCC1OC(n2ccc(NC(=O)C(C)C)nc2=O)CC1OP1O[C@@]2(CCc3ccccc32)[C@@H]2CCCN21. The van der Waals surface area contributed by atoms with Crippen LogP contribution in [0.2, 0.25) is 0 Å². The number of hydrogen-bond acceptors (Lipinski definition) is 7. The van der Waals surface area contributed by atoms with Gasteiger partial charge in [0.1, 0.15) is 17.6 Å². The third-order valence-electron chi connectivity index (χ3n) is 8.18. The molecule has 2 aromatic rings. The molecule has 0 saturated carbocycles. The molecule has 37 heavy (non-hydrogen) atoms. The molecule has 3 fully saturated rings. The van der Waals surface area contributed by atoms with Crippen LogP contribution in [0.25, 0.3) is 0 Å². The molecule has 1 aromatic carbocycles. The lowest BCUT2D eigenvalue weighted by Gasteiger charge is -2.29. The maximum Gasteiger partial charge on any atom is 0.351 e. The van der Waals surface area contributed by atoms with E-state index in [1.807, 2.05) is 0 Å². The van der Waals surface area contributed by atoms with E-state index in [2.05, 4.69) is 46.2 Å². The first kappa shape index (κ1) is 25.1. The summed E-state index contributed by atoms with van der Waals surface area (Å²) in [7, 11) is -1.23. The molecule has 3 saturated heterocycles. The summed E-state index contributed by atoms with van der Waals surface area (Å²) in [5, 5.41) is 2.68. The Hall–Kier alpha value is -2.16. The van der Waals surface area contributed by atoms with Crippen LogP contribution in [0.15, 0.2) is 41.3 Å². The summed E-state index contributed by atoms with van der Waals surface area (Å²) < 4.78 is 23.9. The molecule has 1 N–H and O–H groups in total. The zero-order valence-electron chi connectivity index (χ0n) is 21.6. The number of ether oxygens (including phenoxy) is 1. The molecule has 1 aliphatic carbocycles. The number of fused-ring (bicyclic) bond motifs is 4. The number of amides is 1. The average Bonchev–Trinajstić information content (AvgIpc) is 3.65. The molecule has 0 radical (unpaired) electrons. The minimum absolute atomic E-state index is 0.142.